The fraction of sp³-hybridized carbons (Fsp3) is 0.316. The van der Waals surface area contributed by atoms with Gasteiger partial charge in [0.15, 0.2) is 5.13 Å². The predicted molar refractivity (Wildman–Crippen MR) is 103 cm³/mol. The number of piperidine rings is 1. The van der Waals surface area contributed by atoms with Gasteiger partial charge in [-0.1, -0.05) is 23.5 Å². The van der Waals surface area contributed by atoms with Crippen molar-refractivity contribution in [3.63, 3.8) is 0 Å². The number of fused-ring (bicyclic) bond motifs is 1. The first kappa shape index (κ1) is 16.8. The van der Waals surface area contributed by atoms with Gasteiger partial charge in [-0.05, 0) is 37.1 Å². The summed E-state index contributed by atoms with van der Waals surface area (Å²) in [4.78, 5) is 23.6. The van der Waals surface area contributed by atoms with E-state index in [2.05, 4.69) is 21.3 Å². The van der Waals surface area contributed by atoms with E-state index in [-0.39, 0.29) is 11.9 Å². The monoisotopic (exact) mass is 368 g/mol. The molecule has 0 atom stereocenters. The van der Waals surface area contributed by atoms with E-state index in [1.54, 1.807) is 29.7 Å². The molecule has 6 nitrogen and oxygen atoms in total. The van der Waals surface area contributed by atoms with Gasteiger partial charge in [0.25, 0.3) is 5.91 Å². The minimum Gasteiger partial charge on any atom is -0.480 e. The van der Waals surface area contributed by atoms with Crippen LogP contribution in [0.25, 0.3) is 10.2 Å². The highest BCUT2D eigenvalue weighted by atomic mass is 32.1. The van der Waals surface area contributed by atoms with Gasteiger partial charge in [-0.15, -0.1) is 0 Å². The van der Waals surface area contributed by atoms with E-state index >= 15 is 0 Å². The fourth-order valence-electron chi connectivity index (χ4n) is 3.20. The van der Waals surface area contributed by atoms with Gasteiger partial charge in [-0.2, -0.15) is 0 Å². The smallest absolute Gasteiger partial charge is 0.256 e. The number of benzene rings is 1. The van der Waals surface area contributed by atoms with E-state index in [0.29, 0.717) is 11.4 Å². The predicted octanol–water partition coefficient (Wildman–Crippen LogP) is 3.10. The first-order chi connectivity index (χ1) is 12.7. The number of hydrogen-bond acceptors (Lipinski definition) is 6. The molecule has 3 heterocycles. The van der Waals surface area contributed by atoms with Gasteiger partial charge in [0, 0.05) is 25.3 Å². The molecule has 1 aromatic carbocycles. The van der Waals surface area contributed by atoms with Gasteiger partial charge in [-0.3, -0.25) is 4.79 Å². The molecule has 26 heavy (non-hydrogen) atoms. The molecule has 1 amide bonds. The van der Waals surface area contributed by atoms with Gasteiger partial charge in [0.1, 0.15) is 5.56 Å². The first-order valence-corrected chi connectivity index (χ1v) is 9.46. The minimum absolute atomic E-state index is 0.131. The molecule has 4 rings (SSSR count). The Morgan fingerprint density at radius 1 is 1.23 bits per heavy atom. The van der Waals surface area contributed by atoms with Crippen LogP contribution in [-0.2, 0) is 0 Å². The normalized spacial score (nSPS) is 15.2. The Bertz CT molecular complexity index is 886. The first-order valence-electron chi connectivity index (χ1n) is 8.65. The van der Waals surface area contributed by atoms with Crippen molar-refractivity contribution in [2.75, 3.05) is 25.1 Å². The molecule has 1 saturated heterocycles. The second-order valence-corrected chi connectivity index (χ2v) is 7.27. The van der Waals surface area contributed by atoms with Crippen LogP contribution in [0.4, 0.5) is 5.13 Å². The molecule has 1 N–H and O–H groups in total. The number of anilines is 1. The average molecular weight is 368 g/mol. The molecule has 2 aromatic heterocycles. The molecule has 0 aliphatic carbocycles. The largest absolute Gasteiger partial charge is 0.480 e. The van der Waals surface area contributed by atoms with Crippen molar-refractivity contribution in [1.82, 2.24) is 15.3 Å². The summed E-state index contributed by atoms with van der Waals surface area (Å²) in [7, 11) is 1.52. The molecular weight excluding hydrogens is 348 g/mol. The lowest BCUT2D eigenvalue weighted by Crippen LogP contribution is -2.44. The van der Waals surface area contributed by atoms with Crippen molar-refractivity contribution >= 4 is 32.6 Å². The Hall–Kier alpha value is -2.67. The van der Waals surface area contributed by atoms with E-state index in [1.807, 2.05) is 18.2 Å². The van der Waals surface area contributed by atoms with Crippen LogP contribution < -0.4 is 15.0 Å². The van der Waals surface area contributed by atoms with Crippen LogP contribution in [0.1, 0.15) is 23.2 Å². The van der Waals surface area contributed by atoms with Gasteiger partial charge < -0.3 is 15.0 Å². The average Bonchev–Trinajstić information content (AvgIpc) is 3.12. The van der Waals surface area contributed by atoms with Crippen LogP contribution in [0.15, 0.2) is 42.6 Å². The summed E-state index contributed by atoms with van der Waals surface area (Å²) in [6.07, 6.45) is 3.40. The van der Waals surface area contributed by atoms with E-state index in [4.69, 9.17) is 9.72 Å². The van der Waals surface area contributed by atoms with Crippen LogP contribution in [-0.4, -0.2) is 42.1 Å². The minimum atomic E-state index is -0.131. The number of ether oxygens (including phenoxy) is 1. The Morgan fingerprint density at radius 2 is 2.04 bits per heavy atom. The van der Waals surface area contributed by atoms with Crippen molar-refractivity contribution in [1.29, 1.82) is 0 Å². The number of hydrogen-bond donors (Lipinski definition) is 1. The lowest BCUT2D eigenvalue weighted by molar-refractivity contribution is 0.0927. The van der Waals surface area contributed by atoms with Gasteiger partial charge in [-0.25, -0.2) is 9.97 Å². The van der Waals surface area contributed by atoms with Gasteiger partial charge in [0.05, 0.1) is 17.3 Å². The van der Waals surface area contributed by atoms with E-state index in [1.165, 1.54) is 11.8 Å². The number of para-hydroxylation sites is 1. The maximum Gasteiger partial charge on any atom is 0.256 e. The SMILES string of the molecule is COc1ncccc1C(=O)NC1CCN(c2nc3ccccc3s2)CC1. The van der Waals surface area contributed by atoms with Crippen molar-refractivity contribution in [2.45, 2.75) is 18.9 Å². The van der Waals surface area contributed by atoms with Crippen molar-refractivity contribution < 1.29 is 9.53 Å². The molecule has 0 radical (unpaired) electrons. The zero-order chi connectivity index (χ0) is 17.9. The summed E-state index contributed by atoms with van der Waals surface area (Å²) in [5.41, 5.74) is 1.52. The number of carbonyl (C=O) groups excluding carboxylic acids is 1. The van der Waals surface area contributed by atoms with Crippen LogP contribution in [0.5, 0.6) is 5.88 Å². The highest BCUT2D eigenvalue weighted by Crippen LogP contribution is 2.30. The third-order valence-corrected chi connectivity index (χ3v) is 5.69. The van der Waals surface area contributed by atoms with Gasteiger partial charge in [0.2, 0.25) is 5.88 Å². The molecule has 0 saturated carbocycles. The quantitative estimate of drug-likeness (QED) is 0.766. The standard InChI is InChI=1S/C19H20N4O2S/c1-25-18-14(5-4-10-20-18)17(24)21-13-8-11-23(12-9-13)19-22-15-6-2-3-7-16(15)26-19/h2-7,10,13H,8-9,11-12H2,1H3,(H,21,24). The van der Waals surface area contributed by atoms with Crippen LogP contribution in [0.3, 0.4) is 0 Å². The van der Waals surface area contributed by atoms with Crippen LogP contribution in [0.2, 0.25) is 0 Å². The van der Waals surface area contributed by atoms with E-state index in [0.717, 1.165) is 36.6 Å². The highest BCUT2D eigenvalue weighted by Gasteiger charge is 2.24. The summed E-state index contributed by atoms with van der Waals surface area (Å²) >= 11 is 1.72. The molecule has 1 aliphatic rings. The van der Waals surface area contributed by atoms with Crippen LogP contribution >= 0.6 is 11.3 Å². The number of thiazole rings is 1. The van der Waals surface area contributed by atoms with Crippen LogP contribution in [0, 0.1) is 0 Å². The zero-order valence-electron chi connectivity index (χ0n) is 14.5. The molecule has 1 fully saturated rings. The summed E-state index contributed by atoms with van der Waals surface area (Å²) < 4.78 is 6.38. The summed E-state index contributed by atoms with van der Waals surface area (Å²) in [6, 6.07) is 11.8. The molecular formula is C19H20N4O2S. The molecule has 0 bridgehead atoms. The number of rotatable bonds is 4. The molecule has 134 valence electrons. The number of nitrogens with one attached hydrogen (secondary N) is 1. The Labute approximate surface area is 155 Å². The summed E-state index contributed by atoms with van der Waals surface area (Å²) in [5.74, 6) is 0.227. The third-order valence-electron chi connectivity index (χ3n) is 4.59. The number of carbonyl (C=O) groups is 1. The summed E-state index contributed by atoms with van der Waals surface area (Å²) in [6.45, 7) is 1.77. The molecule has 1 aliphatic heterocycles. The number of aromatic nitrogens is 2. The van der Waals surface area contributed by atoms with Crippen molar-refractivity contribution in [3.05, 3.63) is 48.2 Å². The number of nitrogens with zero attached hydrogens (tertiary/aromatic N) is 3. The maximum absolute atomic E-state index is 12.5. The molecule has 0 spiro atoms. The fourth-order valence-corrected chi connectivity index (χ4v) is 4.22. The zero-order valence-corrected chi connectivity index (χ0v) is 15.3. The lowest BCUT2D eigenvalue weighted by Gasteiger charge is -2.32. The highest BCUT2D eigenvalue weighted by molar-refractivity contribution is 7.22. The van der Waals surface area contributed by atoms with Crippen molar-refractivity contribution in [3.8, 4) is 5.88 Å². The Kier molecular flexibility index (Phi) is 4.71. The number of methoxy groups -OCH3 is 1. The van der Waals surface area contributed by atoms with Crippen molar-refractivity contribution in [2.24, 2.45) is 0 Å². The second-order valence-electron chi connectivity index (χ2n) is 6.26. The van der Waals surface area contributed by atoms with E-state index in [9.17, 15) is 4.79 Å². The van der Waals surface area contributed by atoms with E-state index < -0.39 is 0 Å². The molecule has 7 heteroatoms. The second kappa shape index (κ2) is 7.29. The number of amides is 1. The molecule has 3 aromatic rings. The summed E-state index contributed by atoms with van der Waals surface area (Å²) in [5, 5.41) is 4.17. The third kappa shape index (κ3) is 3.35. The maximum atomic E-state index is 12.5. The number of pyridine rings is 1. The lowest BCUT2D eigenvalue weighted by atomic mass is 10.0. The Balaban J connectivity index is 1.38. The topological polar surface area (TPSA) is 67.3 Å². The molecule has 0 unspecified atom stereocenters. The Morgan fingerprint density at radius 3 is 2.81 bits per heavy atom. The van der Waals surface area contributed by atoms with Gasteiger partial charge >= 0.3 is 0 Å².